The van der Waals surface area contributed by atoms with Crippen LogP contribution in [0.1, 0.15) is 33.6 Å². The number of halogens is 2. The maximum Gasteiger partial charge on any atom is 0.410 e. The molecule has 2 heterocycles. The Kier molecular flexibility index (Phi) is 6.57. The van der Waals surface area contributed by atoms with E-state index in [4.69, 9.17) is 16.3 Å². The number of nitrogens with zero attached hydrogens (tertiary/aromatic N) is 3. The van der Waals surface area contributed by atoms with Crippen LogP contribution in [0.25, 0.3) is 11.3 Å². The molecule has 1 amide bonds. The molecule has 0 radical (unpaired) electrons. The van der Waals surface area contributed by atoms with E-state index in [0.717, 1.165) is 30.6 Å². The molecule has 1 fully saturated rings. The molecule has 0 bridgehead atoms. The van der Waals surface area contributed by atoms with Gasteiger partial charge in [0.1, 0.15) is 17.1 Å². The molecule has 8 heteroatoms. The van der Waals surface area contributed by atoms with Gasteiger partial charge in [0, 0.05) is 31.3 Å². The molecule has 0 aliphatic carbocycles. The lowest BCUT2D eigenvalue weighted by Crippen LogP contribution is -2.42. The van der Waals surface area contributed by atoms with Crippen LogP contribution in [0.2, 0.25) is 5.15 Å². The van der Waals surface area contributed by atoms with Gasteiger partial charge in [-0.15, -0.1) is 10.2 Å². The molecule has 29 heavy (non-hydrogen) atoms. The first kappa shape index (κ1) is 21.3. The van der Waals surface area contributed by atoms with E-state index in [0.29, 0.717) is 24.7 Å². The van der Waals surface area contributed by atoms with E-state index in [1.165, 1.54) is 12.1 Å². The summed E-state index contributed by atoms with van der Waals surface area (Å²) in [4.78, 5) is 14.0. The predicted octanol–water partition coefficient (Wildman–Crippen LogP) is 5.00. The molecule has 0 unspecified atom stereocenters. The van der Waals surface area contributed by atoms with Gasteiger partial charge in [0.2, 0.25) is 0 Å². The van der Waals surface area contributed by atoms with Gasteiger partial charge in [0.25, 0.3) is 0 Å². The lowest BCUT2D eigenvalue weighted by atomic mass is 9.97. The van der Waals surface area contributed by atoms with Crippen LogP contribution in [0, 0.1) is 11.7 Å². The first-order valence-corrected chi connectivity index (χ1v) is 10.1. The summed E-state index contributed by atoms with van der Waals surface area (Å²) in [6, 6.07) is 7.84. The van der Waals surface area contributed by atoms with Crippen molar-refractivity contribution in [1.82, 2.24) is 15.1 Å². The number of rotatable bonds is 4. The molecule has 1 N–H and O–H groups in total. The molecule has 1 aromatic carbocycles. The van der Waals surface area contributed by atoms with Crippen molar-refractivity contribution in [1.29, 1.82) is 0 Å². The summed E-state index contributed by atoms with van der Waals surface area (Å²) in [5.41, 5.74) is 1.66. The first-order valence-electron chi connectivity index (χ1n) is 9.72. The Morgan fingerprint density at radius 2 is 1.90 bits per heavy atom. The van der Waals surface area contributed by atoms with Crippen molar-refractivity contribution in [2.24, 2.45) is 5.92 Å². The summed E-state index contributed by atoms with van der Waals surface area (Å²) in [6.07, 6.45) is 1.50. The van der Waals surface area contributed by atoms with Crippen LogP contribution in [-0.2, 0) is 4.74 Å². The van der Waals surface area contributed by atoms with Gasteiger partial charge in [-0.3, -0.25) is 0 Å². The number of amides is 1. The molecule has 156 valence electrons. The Labute approximate surface area is 175 Å². The third-order valence-corrected chi connectivity index (χ3v) is 4.91. The number of benzene rings is 1. The SMILES string of the molecule is CC(C)(C)OC(=O)N1CCC(CNc2cc(Cl)nnc2-c2ccc(F)cc2)CC1. The van der Waals surface area contributed by atoms with Crippen molar-refractivity contribution in [3.05, 3.63) is 41.3 Å². The van der Waals surface area contributed by atoms with Crippen molar-refractivity contribution in [3.63, 3.8) is 0 Å². The van der Waals surface area contributed by atoms with Crippen molar-refractivity contribution in [2.75, 3.05) is 25.0 Å². The molecule has 1 aliphatic rings. The number of likely N-dealkylation sites (tertiary alicyclic amines) is 1. The fourth-order valence-electron chi connectivity index (χ4n) is 3.22. The summed E-state index contributed by atoms with van der Waals surface area (Å²) in [5, 5.41) is 11.8. The summed E-state index contributed by atoms with van der Waals surface area (Å²) >= 11 is 6.03. The minimum atomic E-state index is -0.486. The lowest BCUT2D eigenvalue weighted by Gasteiger charge is -2.33. The zero-order valence-corrected chi connectivity index (χ0v) is 17.7. The van der Waals surface area contributed by atoms with Crippen molar-refractivity contribution in [3.8, 4) is 11.3 Å². The molecule has 2 aromatic rings. The standard InChI is InChI=1S/C21H26ClFN4O2/c1-21(2,3)29-20(28)27-10-8-14(9-11-27)13-24-17-12-18(22)25-26-19(17)15-4-6-16(23)7-5-15/h4-7,12,14H,8-11,13H2,1-3H3,(H,24,25). The number of nitrogens with one attached hydrogen (secondary N) is 1. The molecule has 0 spiro atoms. The van der Waals surface area contributed by atoms with Gasteiger partial charge in [0.15, 0.2) is 5.15 Å². The van der Waals surface area contributed by atoms with E-state index in [-0.39, 0.29) is 17.1 Å². The topological polar surface area (TPSA) is 67.3 Å². The Morgan fingerprint density at radius 1 is 1.24 bits per heavy atom. The summed E-state index contributed by atoms with van der Waals surface area (Å²) in [6.45, 7) is 7.66. The van der Waals surface area contributed by atoms with Crippen molar-refractivity contribution >= 4 is 23.4 Å². The van der Waals surface area contributed by atoms with E-state index >= 15 is 0 Å². The van der Waals surface area contributed by atoms with E-state index in [1.54, 1.807) is 23.1 Å². The average Bonchev–Trinajstić information content (AvgIpc) is 2.66. The summed E-state index contributed by atoms with van der Waals surface area (Å²) in [7, 11) is 0. The average molecular weight is 421 g/mol. The number of ether oxygens (including phenoxy) is 1. The Morgan fingerprint density at radius 3 is 2.52 bits per heavy atom. The highest BCUT2D eigenvalue weighted by Crippen LogP contribution is 2.28. The fourth-order valence-corrected chi connectivity index (χ4v) is 3.37. The molecule has 1 saturated heterocycles. The van der Waals surface area contributed by atoms with E-state index < -0.39 is 5.60 Å². The number of aromatic nitrogens is 2. The van der Waals surface area contributed by atoms with Crippen LogP contribution in [0.4, 0.5) is 14.9 Å². The summed E-state index contributed by atoms with van der Waals surface area (Å²) < 4.78 is 18.7. The van der Waals surface area contributed by atoms with Crippen molar-refractivity contribution in [2.45, 2.75) is 39.2 Å². The fraction of sp³-hybridized carbons (Fsp3) is 0.476. The smallest absolute Gasteiger partial charge is 0.410 e. The maximum absolute atomic E-state index is 13.2. The quantitative estimate of drug-likeness (QED) is 0.754. The highest BCUT2D eigenvalue weighted by molar-refractivity contribution is 6.29. The van der Waals surface area contributed by atoms with Crippen LogP contribution in [-0.4, -0.2) is 46.4 Å². The van der Waals surface area contributed by atoms with Crippen LogP contribution in [0.5, 0.6) is 0 Å². The predicted molar refractivity (Wildman–Crippen MR) is 111 cm³/mol. The second kappa shape index (κ2) is 8.95. The summed E-state index contributed by atoms with van der Waals surface area (Å²) in [5.74, 6) is 0.101. The van der Waals surface area contributed by atoms with E-state index in [9.17, 15) is 9.18 Å². The Hall–Kier alpha value is -2.41. The van der Waals surface area contributed by atoms with Crippen LogP contribution < -0.4 is 5.32 Å². The molecule has 1 aromatic heterocycles. The van der Waals surface area contributed by atoms with Gasteiger partial charge in [-0.05, 0) is 63.8 Å². The minimum Gasteiger partial charge on any atom is -0.444 e. The minimum absolute atomic E-state index is 0.257. The molecule has 0 saturated carbocycles. The molecule has 1 aliphatic heterocycles. The third kappa shape index (κ3) is 6.03. The first-order chi connectivity index (χ1) is 13.7. The molecule has 3 rings (SSSR count). The number of piperidine rings is 1. The Bertz CT molecular complexity index is 847. The van der Waals surface area contributed by atoms with Gasteiger partial charge in [-0.25, -0.2) is 9.18 Å². The van der Waals surface area contributed by atoms with E-state index in [2.05, 4.69) is 15.5 Å². The van der Waals surface area contributed by atoms with Crippen LogP contribution in [0.15, 0.2) is 30.3 Å². The zero-order valence-electron chi connectivity index (χ0n) is 16.9. The van der Waals surface area contributed by atoms with Crippen molar-refractivity contribution < 1.29 is 13.9 Å². The van der Waals surface area contributed by atoms with Gasteiger partial charge < -0.3 is 15.0 Å². The zero-order chi connectivity index (χ0) is 21.0. The molecular weight excluding hydrogens is 395 g/mol. The highest BCUT2D eigenvalue weighted by atomic mass is 35.5. The highest BCUT2D eigenvalue weighted by Gasteiger charge is 2.27. The van der Waals surface area contributed by atoms with Crippen LogP contribution in [0.3, 0.4) is 0 Å². The van der Waals surface area contributed by atoms with Gasteiger partial charge >= 0.3 is 6.09 Å². The third-order valence-electron chi connectivity index (χ3n) is 4.73. The Balaban J connectivity index is 1.59. The largest absolute Gasteiger partial charge is 0.444 e. The number of hydrogen-bond donors (Lipinski definition) is 1. The van der Waals surface area contributed by atoms with Gasteiger partial charge in [-0.1, -0.05) is 11.6 Å². The number of anilines is 1. The lowest BCUT2D eigenvalue weighted by molar-refractivity contribution is 0.0188. The van der Waals surface area contributed by atoms with Gasteiger partial charge in [0.05, 0.1) is 5.69 Å². The molecular formula is C21H26ClFN4O2. The number of hydrogen-bond acceptors (Lipinski definition) is 5. The molecule has 0 atom stereocenters. The normalized spacial score (nSPS) is 15.3. The second-order valence-corrected chi connectivity index (χ2v) is 8.62. The second-order valence-electron chi connectivity index (χ2n) is 8.23. The monoisotopic (exact) mass is 420 g/mol. The number of carbonyl (C=O) groups is 1. The van der Waals surface area contributed by atoms with E-state index in [1.807, 2.05) is 20.8 Å². The maximum atomic E-state index is 13.2. The molecule has 6 nitrogen and oxygen atoms in total. The van der Waals surface area contributed by atoms with Crippen LogP contribution >= 0.6 is 11.6 Å². The van der Waals surface area contributed by atoms with Gasteiger partial charge in [-0.2, -0.15) is 0 Å². The number of carbonyl (C=O) groups excluding carboxylic acids is 1.